The van der Waals surface area contributed by atoms with Crippen LogP contribution in [-0.4, -0.2) is 39.4 Å². The lowest BCUT2D eigenvalue weighted by atomic mass is 10.1. The normalized spacial score (nSPS) is 22.3. The molecule has 2 aromatic rings. The third-order valence-electron chi connectivity index (χ3n) is 4.36. The number of aryl methyl sites for hydroxylation is 2. The molecule has 1 saturated heterocycles. The minimum absolute atomic E-state index is 0.189. The number of esters is 1. The lowest BCUT2D eigenvalue weighted by Crippen LogP contribution is -2.33. The summed E-state index contributed by atoms with van der Waals surface area (Å²) in [5.41, 5.74) is 0.687. The molecule has 26 heavy (non-hydrogen) atoms. The van der Waals surface area contributed by atoms with Gasteiger partial charge in [0.1, 0.15) is 18.4 Å². The van der Waals surface area contributed by atoms with Crippen molar-refractivity contribution in [3.8, 4) is 0 Å². The predicted molar refractivity (Wildman–Crippen MR) is 92.1 cm³/mol. The summed E-state index contributed by atoms with van der Waals surface area (Å²) in [6.45, 7) is 3.12. The van der Waals surface area contributed by atoms with Gasteiger partial charge in [-0.2, -0.15) is 0 Å². The zero-order chi connectivity index (χ0) is 18.8. The van der Waals surface area contributed by atoms with Crippen molar-refractivity contribution >= 4 is 5.97 Å². The highest BCUT2D eigenvalue weighted by atomic mass is 16.6. The van der Waals surface area contributed by atoms with Crippen LogP contribution in [0.5, 0.6) is 0 Å². The number of aromatic nitrogens is 2. The van der Waals surface area contributed by atoms with Crippen LogP contribution in [0.3, 0.4) is 0 Å². The predicted octanol–water partition coefficient (Wildman–Crippen LogP) is 0.659. The van der Waals surface area contributed by atoms with E-state index in [0.29, 0.717) is 11.1 Å². The molecule has 8 nitrogen and oxygen atoms in total. The summed E-state index contributed by atoms with van der Waals surface area (Å²) in [6, 6.07) is 6.93. The number of carbonyl (C=O) groups excluding carboxylic acids is 1. The van der Waals surface area contributed by atoms with Crippen LogP contribution in [0.2, 0.25) is 0 Å². The molecule has 0 unspecified atom stereocenters. The highest BCUT2D eigenvalue weighted by Gasteiger charge is 2.39. The van der Waals surface area contributed by atoms with Gasteiger partial charge in [0.25, 0.3) is 5.56 Å². The average Bonchev–Trinajstić information content (AvgIpc) is 3.01. The molecular weight excluding hydrogens is 340 g/mol. The maximum atomic E-state index is 12.3. The van der Waals surface area contributed by atoms with Crippen LogP contribution in [0.25, 0.3) is 0 Å². The van der Waals surface area contributed by atoms with Crippen molar-refractivity contribution in [2.45, 2.75) is 38.7 Å². The van der Waals surface area contributed by atoms with Crippen LogP contribution in [0.4, 0.5) is 0 Å². The lowest BCUT2D eigenvalue weighted by Gasteiger charge is -2.16. The number of hydrogen-bond acceptors (Lipinski definition) is 6. The number of rotatable bonds is 4. The van der Waals surface area contributed by atoms with Crippen molar-refractivity contribution in [2.75, 3.05) is 6.61 Å². The van der Waals surface area contributed by atoms with Gasteiger partial charge in [-0.05, 0) is 26.0 Å². The summed E-state index contributed by atoms with van der Waals surface area (Å²) in [4.78, 5) is 38.0. The molecule has 3 rings (SSSR count). The van der Waals surface area contributed by atoms with Gasteiger partial charge in [-0.3, -0.25) is 14.3 Å². The Bertz CT molecular complexity index is 915. The second-order valence-corrected chi connectivity index (χ2v) is 6.34. The van der Waals surface area contributed by atoms with E-state index < -0.39 is 35.7 Å². The van der Waals surface area contributed by atoms with Gasteiger partial charge < -0.3 is 14.6 Å². The van der Waals surface area contributed by atoms with Crippen molar-refractivity contribution in [1.29, 1.82) is 0 Å². The molecule has 1 aliphatic rings. The van der Waals surface area contributed by atoms with Crippen molar-refractivity contribution in [3.05, 3.63) is 68.0 Å². The number of carbonyl (C=O) groups is 1. The number of H-pyrrole nitrogens is 1. The number of ether oxygens (including phenoxy) is 2. The summed E-state index contributed by atoms with van der Waals surface area (Å²) >= 11 is 0. The number of aliphatic hydroxyl groups is 1. The molecule has 0 saturated carbocycles. The number of benzene rings is 1. The van der Waals surface area contributed by atoms with Crippen LogP contribution in [0.1, 0.15) is 34.1 Å². The Kier molecular flexibility index (Phi) is 5.06. The average molecular weight is 360 g/mol. The van der Waals surface area contributed by atoms with Gasteiger partial charge in [-0.1, -0.05) is 17.7 Å². The van der Waals surface area contributed by atoms with Gasteiger partial charge in [-0.15, -0.1) is 0 Å². The molecule has 8 heteroatoms. The first-order valence-corrected chi connectivity index (χ1v) is 8.25. The summed E-state index contributed by atoms with van der Waals surface area (Å²) < 4.78 is 12.4. The quantitative estimate of drug-likeness (QED) is 0.775. The minimum Gasteiger partial charge on any atom is -0.456 e. The smallest absolute Gasteiger partial charge is 0.338 e. The molecule has 138 valence electrons. The molecule has 1 aromatic heterocycles. The first kappa shape index (κ1) is 18.1. The van der Waals surface area contributed by atoms with Crippen molar-refractivity contribution in [1.82, 2.24) is 9.55 Å². The highest BCUT2D eigenvalue weighted by Crippen LogP contribution is 2.30. The fourth-order valence-electron chi connectivity index (χ4n) is 2.85. The van der Waals surface area contributed by atoms with Crippen LogP contribution in [0, 0.1) is 13.8 Å². The Morgan fingerprint density at radius 2 is 2.00 bits per heavy atom. The number of nitrogens with one attached hydrogen (secondary N) is 1. The largest absolute Gasteiger partial charge is 0.456 e. The monoisotopic (exact) mass is 360 g/mol. The first-order valence-electron chi connectivity index (χ1n) is 8.25. The van der Waals surface area contributed by atoms with Crippen LogP contribution < -0.4 is 11.2 Å². The lowest BCUT2D eigenvalue weighted by molar-refractivity contribution is -0.0522. The second kappa shape index (κ2) is 7.27. The molecule has 2 heterocycles. The van der Waals surface area contributed by atoms with Gasteiger partial charge in [0.2, 0.25) is 0 Å². The Morgan fingerprint density at radius 1 is 1.31 bits per heavy atom. The van der Waals surface area contributed by atoms with Crippen molar-refractivity contribution < 1.29 is 19.4 Å². The third kappa shape index (κ3) is 3.61. The number of aromatic amines is 1. The van der Waals surface area contributed by atoms with Gasteiger partial charge in [0, 0.05) is 18.2 Å². The zero-order valence-electron chi connectivity index (χ0n) is 14.5. The van der Waals surface area contributed by atoms with E-state index in [1.54, 1.807) is 31.2 Å². The van der Waals surface area contributed by atoms with Gasteiger partial charge in [0.05, 0.1) is 12.2 Å². The first-order chi connectivity index (χ1) is 12.4. The molecular formula is C18H20N2O6. The summed E-state index contributed by atoms with van der Waals surface area (Å²) in [6.07, 6.45) is -0.629. The molecule has 1 fully saturated rings. The van der Waals surface area contributed by atoms with Gasteiger partial charge in [0.15, 0.2) is 0 Å². The van der Waals surface area contributed by atoms with Crippen molar-refractivity contribution in [3.63, 3.8) is 0 Å². The van der Waals surface area contributed by atoms with Gasteiger partial charge in [-0.25, -0.2) is 9.59 Å². The molecule has 0 amide bonds. The molecule has 1 aliphatic heterocycles. The van der Waals surface area contributed by atoms with E-state index in [4.69, 9.17) is 9.47 Å². The molecule has 0 aliphatic carbocycles. The molecule has 0 bridgehead atoms. The number of nitrogens with zero attached hydrogens (tertiary/aromatic N) is 1. The Balaban J connectivity index is 1.78. The number of hydrogen-bond donors (Lipinski definition) is 2. The summed E-state index contributed by atoms with van der Waals surface area (Å²) in [5, 5.41) is 9.53. The van der Waals surface area contributed by atoms with E-state index in [1.165, 1.54) is 10.8 Å². The van der Waals surface area contributed by atoms with Crippen molar-refractivity contribution in [2.24, 2.45) is 0 Å². The van der Waals surface area contributed by atoms with E-state index in [0.717, 1.165) is 5.56 Å². The second-order valence-electron chi connectivity index (χ2n) is 6.34. The Morgan fingerprint density at radius 3 is 2.65 bits per heavy atom. The Hall–Kier alpha value is -2.71. The molecule has 1 aromatic carbocycles. The van der Waals surface area contributed by atoms with E-state index >= 15 is 0 Å². The minimum atomic E-state index is -0.756. The third-order valence-corrected chi connectivity index (χ3v) is 4.36. The fourth-order valence-corrected chi connectivity index (χ4v) is 2.85. The molecule has 3 atom stereocenters. The molecule has 0 spiro atoms. The summed E-state index contributed by atoms with van der Waals surface area (Å²) in [5.74, 6) is -0.525. The molecule has 2 N–H and O–H groups in total. The summed E-state index contributed by atoms with van der Waals surface area (Å²) in [7, 11) is 0. The van der Waals surface area contributed by atoms with Crippen LogP contribution in [0.15, 0.2) is 40.1 Å². The van der Waals surface area contributed by atoms with E-state index in [-0.39, 0.29) is 13.0 Å². The standard InChI is InChI=1S/C18H20N2O6/c1-10-3-5-12(6-4-10)17(23)26-13-7-15(25-14(13)9-21)20-8-11(2)16(22)19-18(20)24/h3-6,8,13-15,21H,7,9H2,1-2H3,(H,19,22,24)/t13-,14+,15+/m0/s1. The van der Waals surface area contributed by atoms with E-state index in [2.05, 4.69) is 4.98 Å². The van der Waals surface area contributed by atoms with Crippen LogP contribution in [-0.2, 0) is 9.47 Å². The maximum absolute atomic E-state index is 12.3. The molecule has 0 radical (unpaired) electrons. The topological polar surface area (TPSA) is 111 Å². The zero-order valence-corrected chi connectivity index (χ0v) is 14.5. The van der Waals surface area contributed by atoms with E-state index in [9.17, 15) is 19.5 Å². The maximum Gasteiger partial charge on any atom is 0.338 e. The number of aliphatic hydroxyl groups excluding tert-OH is 1. The SMILES string of the molecule is Cc1ccc(C(=O)O[C@H]2C[C@H](n3cc(C)c(=O)[nH]c3=O)O[C@@H]2CO)cc1. The van der Waals surface area contributed by atoms with Gasteiger partial charge >= 0.3 is 11.7 Å². The van der Waals surface area contributed by atoms with E-state index in [1.807, 2.05) is 6.92 Å². The Labute approximate surface area is 149 Å². The van der Waals surface area contributed by atoms with Crippen LogP contribution >= 0.6 is 0 Å². The highest BCUT2D eigenvalue weighted by molar-refractivity contribution is 5.89. The fraction of sp³-hybridized carbons (Fsp3) is 0.389.